The maximum Gasteiger partial charge on any atom is 0.244 e. The molecule has 1 atom stereocenters. The molecule has 1 amide bonds. The maximum atomic E-state index is 12.8. The van der Waals surface area contributed by atoms with Crippen molar-refractivity contribution in [3.8, 4) is 23.0 Å². The minimum Gasteiger partial charge on any atom is -0.493 e. The van der Waals surface area contributed by atoms with E-state index >= 15 is 0 Å². The minimum absolute atomic E-state index is 0.303. The van der Waals surface area contributed by atoms with Crippen LogP contribution in [-0.2, 0) is 4.79 Å². The fourth-order valence-electron chi connectivity index (χ4n) is 3.20. The van der Waals surface area contributed by atoms with E-state index in [1.807, 2.05) is 18.2 Å². The topological polar surface area (TPSA) is 79.2 Å². The van der Waals surface area contributed by atoms with Gasteiger partial charge in [0.25, 0.3) is 0 Å². The summed E-state index contributed by atoms with van der Waals surface area (Å²) in [5, 5.41) is 3.04. The molecule has 3 rings (SSSR count). The lowest BCUT2D eigenvalue weighted by molar-refractivity contribution is -0.116. The Morgan fingerprint density at radius 2 is 1.59 bits per heavy atom. The number of ether oxygens (including phenoxy) is 4. The van der Waals surface area contributed by atoms with Gasteiger partial charge in [0.05, 0.1) is 40.7 Å². The van der Waals surface area contributed by atoms with Gasteiger partial charge in [0, 0.05) is 10.5 Å². The van der Waals surface area contributed by atoms with Crippen molar-refractivity contribution in [3.63, 3.8) is 0 Å². The Bertz CT molecular complexity index is 1090. The Balaban J connectivity index is 2.04. The molecule has 1 N–H and O–H groups in total. The summed E-state index contributed by atoms with van der Waals surface area (Å²) in [7, 11) is 6.26. The number of furan rings is 1. The van der Waals surface area contributed by atoms with E-state index in [0.29, 0.717) is 28.8 Å². The van der Waals surface area contributed by atoms with E-state index in [1.54, 1.807) is 65.0 Å². The summed E-state index contributed by atoms with van der Waals surface area (Å²) in [4.78, 5) is 12.8. The predicted octanol–water partition coefficient (Wildman–Crippen LogP) is 5.00. The summed E-state index contributed by atoms with van der Waals surface area (Å²) in [5.74, 6) is 2.52. The van der Waals surface area contributed by atoms with E-state index in [0.717, 1.165) is 15.6 Å². The second-order valence-corrected chi connectivity index (χ2v) is 7.49. The Kier molecular flexibility index (Phi) is 7.83. The molecule has 0 fully saturated rings. The van der Waals surface area contributed by atoms with Crippen molar-refractivity contribution in [2.24, 2.45) is 0 Å². The number of hydrogen-bond donors (Lipinski definition) is 1. The van der Waals surface area contributed by atoms with Crippen molar-refractivity contribution >= 4 is 27.9 Å². The van der Waals surface area contributed by atoms with E-state index in [2.05, 4.69) is 21.2 Å². The number of benzene rings is 2. The van der Waals surface area contributed by atoms with Crippen molar-refractivity contribution in [1.29, 1.82) is 0 Å². The summed E-state index contributed by atoms with van der Waals surface area (Å²) in [6.45, 7) is 0. The molecule has 0 aliphatic carbocycles. The van der Waals surface area contributed by atoms with Crippen LogP contribution in [0.4, 0.5) is 0 Å². The van der Waals surface area contributed by atoms with Gasteiger partial charge >= 0.3 is 0 Å². The first-order chi connectivity index (χ1) is 15.5. The average Bonchev–Trinajstić information content (AvgIpc) is 3.34. The van der Waals surface area contributed by atoms with Gasteiger partial charge in [-0.15, -0.1) is 0 Å². The van der Waals surface area contributed by atoms with Gasteiger partial charge in [0.15, 0.2) is 23.0 Å². The van der Waals surface area contributed by atoms with E-state index < -0.39 is 6.04 Å². The van der Waals surface area contributed by atoms with Gasteiger partial charge in [0.2, 0.25) is 5.91 Å². The van der Waals surface area contributed by atoms with Gasteiger partial charge in [-0.1, -0.05) is 22.0 Å². The molecule has 32 heavy (non-hydrogen) atoms. The highest BCUT2D eigenvalue weighted by molar-refractivity contribution is 9.10. The number of methoxy groups -OCH3 is 4. The summed E-state index contributed by atoms with van der Waals surface area (Å²) < 4.78 is 27.7. The lowest BCUT2D eigenvalue weighted by Gasteiger charge is -2.23. The molecule has 2 aromatic carbocycles. The molecule has 8 heteroatoms. The normalized spacial score (nSPS) is 11.8. The molecule has 1 aromatic heterocycles. The van der Waals surface area contributed by atoms with Crippen LogP contribution in [-0.4, -0.2) is 34.3 Å². The third-order valence-electron chi connectivity index (χ3n) is 4.78. The van der Waals surface area contributed by atoms with Crippen LogP contribution >= 0.6 is 15.9 Å². The third kappa shape index (κ3) is 5.26. The predicted molar refractivity (Wildman–Crippen MR) is 125 cm³/mol. The van der Waals surface area contributed by atoms with Gasteiger partial charge in [-0.3, -0.25) is 4.79 Å². The Morgan fingerprint density at radius 1 is 0.938 bits per heavy atom. The molecule has 168 valence electrons. The zero-order valence-electron chi connectivity index (χ0n) is 18.2. The van der Waals surface area contributed by atoms with Gasteiger partial charge in [-0.2, -0.15) is 0 Å². The SMILES string of the molecule is COc1ccc(C(NC(=O)C=Cc2ccco2)c2cc(OC)c(OC)cc2Br)cc1OC. The Morgan fingerprint density at radius 3 is 2.22 bits per heavy atom. The first kappa shape index (κ1) is 23.3. The van der Waals surface area contributed by atoms with Gasteiger partial charge in [-0.25, -0.2) is 0 Å². The Labute approximate surface area is 195 Å². The number of rotatable bonds is 9. The average molecular weight is 502 g/mol. The van der Waals surface area contributed by atoms with Crippen molar-refractivity contribution in [1.82, 2.24) is 5.32 Å². The molecule has 7 nitrogen and oxygen atoms in total. The first-order valence-corrected chi connectivity index (χ1v) is 10.5. The van der Waals surface area contributed by atoms with E-state index in [-0.39, 0.29) is 5.91 Å². The molecule has 0 bridgehead atoms. The lowest BCUT2D eigenvalue weighted by atomic mass is 9.97. The molecule has 0 radical (unpaired) electrons. The fourth-order valence-corrected chi connectivity index (χ4v) is 3.75. The van der Waals surface area contributed by atoms with Gasteiger partial charge in [-0.05, 0) is 53.6 Å². The lowest BCUT2D eigenvalue weighted by Crippen LogP contribution is -2.28. The fraction of sp³-hybridized carbons (Fsp3) is 0.208. The number of nitrogens with one attached hydrogen (secondary N) is 1. The second-order valence-electron chi connectivity index (χ2n) is 6.63. The number of carbonyl (C=O) groups is 1. The van der Waals surface area contributed by atoms with Crippen molar-refractivity contribution in [2.75, 3.05) is 28.4 Å². The smallest absolute Gasteiger partial charge is 0.244 e. The molecule has 0 spiro atoms. The Hall–Kier alpha value is -3.39. The molecule has 1 unspecified atom stereocenters. The van der Waals surface area contributed by atoms with Crippen LogP contribution < -0.4 is 24.3 Å². The molecular formula is C24H24BrNO6. The molecule has 0 aliphatic heterocycles. The molecular weight excluding hydrogens is 478 g/mol. The number of carbonyl (C=O) groups excluding carboxylic acids is 1. The highest BCUT2D eigenvalue weighted by Crippen LogP contribution is 2.39. The van der Waals surface area contributed by atoms with E-state index in [1.165, 1.54) is 6.08 Å². The molecule has 1 heterocycles. The van der Waals surface area contributed by atoms with Crippen LogP contribution in [0.2, 0.25) is 0 Å². The molecule has 3 aromatic rings. The van der Waals surface area contributed by atoms with Crippen LogP contribution in [0.15, 0.2) is 63.7 Å². The summed E-state index contributed by atoms with van der Waals surface area (Å²) in [5.41, 5.74) is 1.56. The van der Waals surface area contributed by atoms with Gasteiger partial charge in [0.1, 0.15) is 5.76 Å². The van der Waals surface area contributed by atoms with Crippen molar-refractivity contribution in [2.45, 2.75) is 6.04 Å². The molecule has 0 saturated carbocycles. The zero-order chi connectivity index (χ0) is 23.1. The zero-order valence-corrected chi connectivity index (χ0v) is 19.8. The summed E-state index contributed by atoms with van der Waals surface area (Å²) >= 11 is 3.60. The second kappa shape index (κ2) is 10.8. The molecule has 0 saturated heterocycles. The monoisotopic (exact) mass is 501 g/mol. The standard InChI is InChI=1S/C24H24BrNO6/c1-28-19-9-7-15(12-20(19)29-2)24(26-23(27)10-8-16-6-5-11-32-16)17-13-21(30-3)22(31-4)14-18(17)25/h5-14,24H,1-4H3,(H,26,27). The van der Waals surface area contributed by atoms with Crippen molar-refractivity contribution in [3.05, 3.63) is 76.2 Å². The van der Waals surface area contributed by atoms with Crippen LogP contribution in [0.1, 0.15) is 22.9 Å². The van der Waals surface area contributed by atoms with Crippen LogP contribution in [0.5, 0.6) is 23.0 Å². The van der Waals surface area contributed by atoms with E-state index in [9.17, 15) is 4.79 Å². The summed E-state index contributed by atoms with van der Waals surface area (Å²) in [6.07, 6.45) is 4.57. The number of halogens is 1. The third-order valence-corrected chi connectivity index (χ3v) is 5.47. The highest BCUT2D eigenvalue weighted by atomic mass is 79.9. The first-order valence-electron chi connectivity index (χ1n) is 9.66. The molecule has 0 aliphatic rings. The largest absolute Gasteiger partial charge is 0.493 e. The minimum atomic E-state index is -0.530. The van der Waals surface area contributed by atoms with E-state index in [4.69, 9.17) is 23.4 Å². The maximum absolute atomic E-state index is 12.8. The van der Waals surface area contributed by atoms with Gasteiger partial charge < -0.3 is 28.7 Å². The number of amides is 1. The van der Waals surface area contributed by atoms with Crippen molar-refractivity contribution < 1.29 is 28.2 Å². The summed E-state index contributed by atoms with van der Waals surface area (Å²) in [6, 6.07) is 12.1. The number of hydrogen-bond acceptors (Lipinski definition) is 6. The van der Waals surface area contributed by atoms with Crippen LogP contribution in [0.3, 0.4) is 0 Å². The van der Waals surface area contributed by atoms with Crippen LogP contribution in [0.25, 0.3) is 6.08 Å². The quantitative estimate of drug-likeness (QED) is 0.415. The highest BCUT2D eigenvalue weighted by Gasteiger charge is 2.23. The van der Waals surface area contributed by atoms with Crippen LogP contribution in [0, 0.1) is 0 Å².